The molecule has 2 atom stereocenters. The normalized spacial score (nSPS) is 20.4. The summed E-state index contributed by atoms with van der Waals surface area (Å²) in [6.45, 7) is 1.21. The van der Waals surface area contributed by atoms with Gasteiger partial charge in [0.15, 0.2) is 0 Å². The Morgan fingerprint density at radius 1 is 0.957 bits per heavy atom. The highest BCUT2D eigenvalue weighted by Crippen LogP contribution is 2.29. The van der Waals surface area contributed by atoms with E-state index in [1.165, 1.54) is 11.1 Å². The van der Waals surface area contributed by atoms with Gasteiger partial charge < -0.3 is 9.64 Å². The van der Waals surface area contributed by atoms with Gasteiger partial charge in [0.1, 0.15) is 0 Å². The minimum atomic E-state index is 0.0935. The number of nitrogens with zero attached hydrogens (tertiary/aromatic N) is 1. The smallest absolute Gasteiger partial charge is 0.227 e. The van der Waals surface area contributed by atoms with Crippen molar-refractivity contribution in [1.29, 1.82) is 0 Å². The SMILES string of the molecule is CN1C(=O)[C@@H](CCc2ccccc2)[C@@H]1COCc1ccccc1. The molecule has 23 heavy (non-hydrogen) atoms. The van der Waals surface area contributed by atoms with Gasteiger partial charge in [0.05, 0.1) is 25.2 Å². The van der Waals surface area contributed by atoms with Crippen LogP contribution in [-0.2, 0) is 22.6 Å². The maximum absolute atomic E-state index is 12.1. The number of amides is 1. The van der Waals surface area contributed by atoms with E-state index in [0.29, 0.717) is 13.2 Å². The van der Waals surface area contributed by atoms with E-state index in [9.17, 15) is 4.79 Å². The number of ether oxygens (including phenoxy) is 1. The zero-order chi connectivity index (χ0) is 16.1. The third-order valence-corrected chi connectivity index (χ3v) is 4.61. The van der Waals surface area contributed by atoms with Crippen molar-refractivity contribution in [3.8, 4) is 0 Å². The maximum Gasteiger partial charge on any atom is 0.227 e. The molecule has 2 aromatic rings. The van der Waals surface area contributed by atoms with Crippen molar-refractivity contribution in [3.05, 3.63) is 71.8 Å². The number of carbonyl (C=O) groups excluding carboxylic acids is 1. The number of hydrogen-bond donors (Lipinski definition) is 0. The molecule has 0 aromatic heterocycles. The molecule has 2 aromatic carbocycles. The van der Waals surface area contributed by atoms with Gasteiger partial charge in [-0.15, -0.1) is 0 Å². The lowest BCUT2D eigenvalue weighted by Crippen LogP contribution is -2.60. The van der Waals surface area contributed by atoms with Gasteiger partial charge in [-0.1, -0.05) is 60.7 Å². The van der Waals surface area contributed by atoms with Crippen molar-refractivity contribution in [2.45, 2.75) is 25.5 Å². The first-order valence-electron chi connectivity index (χ1n) is 8.18. The molecule has 0 aliphatic carbocycles. The second-order valence-corrected chi connectivity index (χ2v) is 6.15. The fourth-order valence-corrected chi connectivity index (χ4v) is 3.16. The number of β-lactam (4-membered cyclic amide) rings is 1. The summed E-state index contributed by atoms with van der Waals surface area (Å²) in [6.07, 6.45) is 1.84. The van der Waals surface area contributed by atoms with Gasteiger partial charge in [-0.2, -0.15) is 0 Å². The average Bonchev–Trinajstić information content (AvgIpc) is 2.61. The van der Waals surface area contributed by atoms with Crippen molar-refractivity contribution in [2.75, 3.05) is 13.7 Å². The molecule has 1 saturated heterocycles. The van der Waals surface area contributed by atoms with Crippen LogP contribution in [0.5, 0.6) is 0 Å². The summed E-state index contributed by atoms with van der Waals surface area (Å²) in [7, 11) is 1.87. The third-order valence-electron chi connectivity index (χ3n) is 4.61. The van der Waals surface area contributed by atoms with Gasteiger partial charge in [-0.3, -0.25) is 4.79 Å². The highest BCUT2D eigenvalue weighted by molar-refractivity contribution is 5.85. The number of aryl methyl sites for hydroxylation is 1. The van der Waals surface area contributed by atoms with E-state index in [4.69, 9.17) is 4.74 Å². The molecule has 0 radical (unpaired) electrons. The van der Waals surface area contributed by atoms with Gasteiger partial charge >= 0.3 is 0 Å². The van der Waals surface area contributed by atoms with Crippen molar-refractivity contribution in [1.82, 2.24) is 4.90 Å². The summed E-state index contributed by atoms with van der Waals surface area (Å²) in [5, 5.41) is 0. The molecule has 3 nitrogen and oxygen atoms in total. The fraction of sp³-hybridized carbons (Fsp3) is 0.350. The summed E-state index contributed by atoms with van der Waals surface area (Å²) < 4.78 is 5.83. The third kappa shape index (κ3) is 3.80. The Hall–Kier alpha value is -2.13. The van der Waals surface area contributed by atoms with Crippen molar-refractivity contribution < 1.29 is 9.53 Å². The summed E-state index contributed by atoms with van der Waals surface area (Å²) in [5.74, 6) is 0.338. The molecule has 0 unspecified atom stereocenters. The minimum Gasteiger partial charge on any atom is -0.375 e. The topological polar surface area (TPSA) is 29.5 Å². The second-order valence-electron chi connectivity index (χ2n) is 6.15. The molecule has 1 fully saturated rings. The zero-order valence-corrected chi connectivity index (χ0v) is 13.5. The fourth-order valence-electron chi connectivity index (χ4n) is 3.16. The zero-order valence-electron chi connectivity index (χ0n) is 13.5. The van der Waals surface area contributed by atoms with Crippen LogP contribution in [0.25, 0.3) is 0 Å². The first kappa shape index (κ1) is 15.8. The van der Waals surface area contributed by atoms with E-state index in [-0.39, 0.29) is 17.9 Å². The Kier molecular flexibility index (Phi) is 5.09. The van der Waals surface area contributed by atoms with Crippen LogP contribution >= 0.6 is 0 Å². The molecule has 3 heteroatoms. The molecule has 1 aliphatic rings. The first-order chi connectivity index (χ1) is 11.3. The van der Waals surface area contributed by atoms with Crippen LogP contribution in [-0.4, -0.2) is 30.5 Å². The molecule has 0 N–H and O–H groups in total. The lowest BCUT2D eigenvalue weighted by atomic mass is 9.83. The largest absolute Gasteiger partial charge is 0.375 e. The predicted molar refractivity (Wildman–Crippen MR) is 90.9 cm³/mol. The van der Waals surface area contributed by atoms with Crippen molar-refractivity contribution >= 4 is 5.91 Å². The van der Waals surface area contributed by atoms with Gasteiger partial charge in [0.2, 0.25) is 5.91 Å². The molecule has 120 valence electrons. The Labute approximate surface area is 137 Å². The molecular weight excluding hydrogens is 286 g/mol. The van der Waals surface area contributed by atoms with Gasteiger partial charge in [-0.05, 0) is 24.0 Å². The van der Waals surface area contributed by atoms with Crippen LogP contribution in [0.3, 0.4) is 0 Å². The molecular formula is C20H23NO2. The number of benzene rings is 2. The quantitative estimate of drug-likeness (QED) is 0.735. The monoisotopic (exact) mass is 309 g/mol. The van der Waals surface area contributed by atoms with Gasteiger partial charge in [-0.25, -0.2) is 0 Å². The van der Waals surface area contributed by atoms with Crippen LogP contribution in [0.4, 0.5) is 0 Å². The maximum atomic E-state index is 12.1. The standard InChI is InChI=1S/C20H23NO2/c1-21-19(15-23-14-17-10-6-3-7-11-17)18(20(21)22)13-12-16-8-4-2-5-9-16/h2-11,18-19H,12-15H2,1H3/t18-,19-/m0/s1. The van der Waals surface area contributed by atoms with Crippen molar-refractivity contribution in [3.63, 3.8) is 0 Å². The van der Waals surface area contributed by atoms with Crippen LogP contribution in [0, 0.1) is 5.92 Å². The molecule has 1 heterocycles. The van der Waals surface area contributed by atoms with Gasteiger partial charge in [0, 0.05) is 7.05 Å². The Bertz CT molecular complexity index is 627. The van der Waals surface area contributed by atoms with Gasteiger partial charge in [0.25, 0.3) is 0 Å². The van der Waals surface area contributed by atoms with Crippen LogP contribution in [0.1, 0.15) is 17.5 Å². The Morgan fingerprint density at radius 2 is 1.57 bits per heavy atom. The second kappa shape index (κ2) is 7.42. The molecule has 1 amide bonds. The van der Waals surface area contributed by atoms with Crippen molar-refractivity contribution in [2.24, 2.45) is 5.92 Å². The van der Waals surface area contributed by atoms with Crippen LogP contribution < -0.4 is 0 Å². The molecule has 1 aliphatic heterocycles. The van der Waals surface area contributed by atoms with E-state index in [1.54, 1.807) is 0 Å². The molecule has 0 spiro atoms. The van der Waals surface area contributed by atoms with Crippen LogP contribution in [0.2, 0.25) is 0 Å². The lowest BCUT2D eigenvalue weighted by Gasteiger charge is -2.45. The first-order valence-corrected chi connectivity index (χ1v) is 8.18. The summed E-state index contributed by atoms with van der Waals surface area (Å²) in [6, 6.07) is 20.7. The van der Waals surface area contributed by atoms with E-state index < -0.39 is 0 Å². The van der Waals surface area contributed by atoms with E-state index >= 15 is 0 Å². The molecule has 0 saturated carbocycles. The van der Waals surface area contributed by atoms with E-state index in [1.807, 2.05) is 48.3 Å². The highest BCUT2D eigenvalue weighted by Gasteiger charge is 2.44. The number of hydrogen-bond acceptors (Lipinski definition) is 2. The van der Waals surface area contributed by atoms with E-state index in [2.05, 4.69) is 24.3 Å². The number of likely N-dealkylation sites (N-methyl/N-ethyl adjacent to an activating group) is 1. The highest BCUT2D eigenvalue weighted by atomic mass is 16.5. The minimum absolute atomic E-state index is 0.0935. The Balaban J connectivity index is 1.48. The summed E-state index contributed by atoms with van der Waals surface area (Å²) in [4.78, 5) is 13.9. The number of rotatable bonds is 7. The van der Waals surface area contributed by atoms with E-state index in [0.717, 1.165) is 12.8 Å². The molecule has 0 bridgehead atoms. The molecule has 3 rings (SSSR count). The number of carbonyl (C=O) groups is 1. The lowest BCUT2D eigenvalue weighted by molar-refractivity contribution is -0.158. The van der Waals surface area contributed by atoms with Crippen LogP contribution in [0.15, 0.2) is 60.7 Å². The Morgan fingerprint density at radius 3 is 2.22 bits per heavy atom. The summed E-state index contributed by atoms with van der Waals surface area (Å²) in [5.41, 5.74) is 2.46. The predicted octanol–water partition coefficient (Wildman–Crippen LogP) is 3.29. The summed E-state index contributed by atoms with van der Waals surface area (Å²) >= 11 is 0. The average molecular weight is 309 g/mol. The number of likely N-dealkylation sites (tertiary alicyclic amines) is 1.